The predicted octanol–water partition coefficient (Wildman–Crippen LogP) is 1.89. The van der Waals surface area contributed by atoms with E-state index < -0.39 is 0 Å². The van der Waals surface area contributed by atoms with Gasteiger partial charge in [0.05, 0.1) is 12.2 Å². The Morgan fingerprint density at radius 2 is 2.04 bits per heavy atom. The highest BCUT2D eigenvalue weighted by atomic mass is 15.3. The highest BCUT2D eigenvalue weighted by Crippen LogP contribution is 2.20. The molecule has 1 aliphatic rings. The van der Waals surface area contributed by atoms with E-state index in [-0.39, 0.29) is 0 Å². The molecule has 1 N–H and O–H groups in total. The number of aromatic nitrogens is 6. The van der Waals surface area contributed by atoms with Gasteiger partial charge in [-0.3, -0.25) is 4.68 Å². The van der Waals surface area contributed by atoms with Gasteiger partial charge in [-0.05, 0) is 25.5 Å². The monoisotopic (exact) mass is 325 g/mol. The Bertz CT molecular complexity index is 787. The standard InChI is InChI=1S/C17H23N7/c1-2-7-22-9-5-19-16(22)13-23-10-6-20-17(23)15-11-14-12-18-4-3-8-24(14)21-15/h5-6,9-11,18H,2-4,7-8,12-13H2,1H3. The fourth-order valence-corrected chi connectivity index (χ4v) is 3.23. The van der Waals surface area contributed by atoms with Gasteiger partial charge in [0, 0.05) is 44.4 Å². The Labute approximate surface area is 141 Å². The maximum Gasteiger partial charge on any atom is 0.160 e. The van der Waals surface area contributed by atoms with Crippen molar-refractivity contribution in [3.8, 4) is 11.5 Å². The van der Waals surface area contributed by atoms with Gasteiger partial charge in [0.25, 0.3) is 0 Å². The molecular formula is C17H23N7. The van der Waals surface area contributed by atoms with Gasteiger partial charge in [0.15, 0.2) is 5.82 Å². The second-order valence-electron chi connectivity index (χ2n) is 6.19. The van der Waals surface area contributed by atoms with Gasteiger partial charge < -0.3 is 14.5 Å². The Kier molecular flexibility index (Phi) is 4.17. The third-order valence-corrected chi connectivity index (χ3v) is 4.42. The van der Waals surface area contributed by atoms with Crippen molar-refractivity contribution < 1.29 is 0 Å². The summed E-state index contributed by atoms with van der Waals surface area (Å²) in [5.41, 5.74) is 2.16. The van der Waals surface area contributed by atoms with Crippen LogP contribution in [0.3, 0.4) is 0 Å². The second kappa shape index (κ2) is 6.60. The summed E-state index contributed by atoms with van der Waals surface area (Å²) in [5, 5.41) is 8.20. The van der Waals surface area contributed by atoms with E-state index in [4.69, 9.17) is 5.10 Å². The number of hydrogen-bond acceptors (Lipinski definition) is 4. The molecule has 0 spiro atoms. The average molecular weight is 325 g/mol. The van der Waals surface area contributed by atoms with Crippen LogP contribution in [0.5, 0.6) is 0 Å². The van der Waals surface area contributed by atoms with Crippen LogP contribution in [0, 0.1) is 0 Å². The summed E-state index contributed by atoms with van der Waals surface area (Å²) in [6, 6.07) is 2.15. The van der Waals surface area contributed by atoms with E-state index >= 15 is 0 Å². The van der Waals surface area contributed by atoms with Crippen molar-refractivity contribution >= 4 is 0 Å². The van der Waals surface area contributed by atoms with Gasteiger partial charge in [-0.25, -0.2) is 9.97 Å². The fourth-order valence-electron chi connectivity index (χ4n) is 3.23. The van der Waals surface area contributed by atoms with E-state index in [1.807, 2.05) is 24.8 Å². The Morgan fingerprint density at radius 1 is 1.17 bits per heavy atom. The number of nitrogens with zero attached hydrogens (tertiary/aromatic N) is 6. The highest BCUT2D eigenvalue weighted by Gasteiger charge is 2.16. The number of imidazole rings is 2. The molecule has 4 heterocycles. The van der Waals surface area contributed by atoms with Gasteiger partial charge in [0.1, 0.15) is 11.5 Å². The third kappa shape index (κ3) is 2.87. The van der Waals surface area contributed by atoms with E-state index in [1.165, 1.54) is 5.69 Å². The largest absolute Gasteiger partial charge is 0.333 e. The van der Waals surface area contributed by atoms with Crippen molar-refractivity contribution in [3.05, 3.63) is 42.4 Å². The molecule has 0 atom stereocenters. The molecule has 0 radical (unpaired) electrons. The molecule has 0 saturated carbocycles. The molecule has 3 aromatic heterocycles. The molecular weight excluding hydrogens is 302 g/mol. The van der Waals surface area contributed by atoms with Gasteiger partial charge in [-0.15, -0.1) is 0 Å². The van der Waals surface area contributed by atoms with Crippen LogP contribution in [0.25, 0.3) is 11.5 Å². The van der Waals surface area contributed by atoms with E-state index in [0.29, 0.717) is 6.54 Å². The first kappa shape index (κ1) is 15.1. The summed E-state index contributed by atoms with van der Waals surface area (Å²) >= 11 is 0. The van der Waals surface area contributed by atoms with Crippen molar-refractivity contribution in [2.45, 2.75) is 45.9 Å². The number of aryl methyl sites for hydroxylation is 2. The fraction of sp³-hybridized carbons (Fsp3) is 0.471. The lowest BCUT2D eigenvalue weighted by Gasteiger charge is -2.09. The molecule has 0 aliphatic carbocycles. The lowest BCUT2D eigenvalue weighted by Crippen LogP contribution is -2.11. The zero-order chi connectivity index (χ0) is 16.4. The first-order valence-corrected chi connectivity index (χ1v) is 8.64. The number of fused-ring (bicyclic) bond motifs is 1. The van der Waals surface area contributed by atoms with Crippen LogP contribution in [-0.2, 0) is 26.2 Å². The van der Waals surface area contributed by atoms with E-state index in [1.54, 1.807) is 0 Å². The van der Waals surface area contributed by atoms with Crippen LogP contribution in [0.4, 0.5) is 0 Å². The summed E-state index contributed by atoms with van der Waals surface area (Å²) in [6.45, 7) is 6.76. The van der Waals surface area contributed by atoms with E-state index in [9.17, 15) is 0 Å². The Morgan fingerprint density at radius 3 is 2.96 bits per heavy atom. The van der Waals surface area contributed by atoms with Gasteiger partial charge in [-0.2, -0.15) is 5.10 Å². The van der Waals surface area contributed by atoms with Crippen molar-refractivity contribution in [1.29, 1.82) is 0 Å². The van der Waals surface area contributed by atoms with Crippen LogP contribution in [0.1, 0.15) is 31.3 Å². The molecule has 0 amide bonds. The van der Waals surface area contributed by atoms with Crippen molar-refractivity contribution in [2.75, 3.05) is 6.54 Å². The van der Waals surface area contributed by atoms with Crippen LogP contribution < -0.4 is 5.32 Å². The Balaban J connectivity index is 1.62. The van der Waals surface area contributed by atoms with Crippen molar-refractivity contribution in [3.63, 3.8) is 0 Å². The zero-order valence-corrected chi connectivity index (χ0v) is 14.0. The maximum absolute atomic E-state index is 4.77. The quantitative estimate of drug-likeness (QED) is 0.778. The SMILES string of the molecule is CCCn1ccnc1Cn1ccnc1-c1cc2n(n1)CCCNC2. The van der Waals surface area contributed by atoms with E-state index in [0.717, 1.165) is 56.4 Å². The van der Waals surface area contributed by atoms with Crippen LogP contribution in [0.15, 0.2) is 30.9 Å². The summed E-state index contributed by atoms with van der Waals surface area (Å²) < 4.78 is 6.44. The molecule has 3 aromatic rings. The summed E-state index contributed by atoms with van der Waals surface area (Å²) in [5.74, 6) is 1.96. The Hall–Kier alpha value is -2.41. The van der Waals surface area contributed by atoms with E-state index in [2.05, 4.69) is 42.1 Å². The predicted molar refractivity (Wildman–Crippen MR) is 91.4 cm³/mol. The smallest absolute Gasteiger partial charge is 0.160 e. The molecule has 0 saturated heterocycles. The minimum Gasteiger partial charge on any atom is -0.333 e. The number of nitrogens with one attached hydrogen (secondary N) is 1. The molecule has 1 aliphatic heterocycles. The molecule has 0 bridgehead atoms. The summed E-state index contributed by atoms with van der Waals surface area (Å²) in [7, 11) is 0. The minimum absolute atomic E-state index is 0.711. The van der Waals surface area contributed by atoms with Crippen molar-refractivity contribution in [1.82, 2.24) is 34.2 Å². The van der Waals surface area contributed by atoms with Gasteiger partial charge in [-0.1, -0.05) is 6.92 Å². The lowest BCUT2D eigenvalue weighted by molar-refractivity contribution is 0.586. The molecule has 7 heteroatoms. The van der Waals surface area contributed by atoms with Crippen LogP contribution in [0.2, 0.25) is 0 Å². The van der Waals surface area contributed by atoms with Crippen LogP contribution >= 0.6 is 0 Å². The molecule has 0 fully saturated rings. The topological polar surface area (TPSA) is 65.5 Å². The first-order valence-electron chi connectivity index (χ1n) is 8.64. The second-order valence-corrected chi connectivity index (χ2v) is 6.19. The highest BCUT2D eigenvalue weighted by molar-refractivity contribution is 5.50. The molecule has 4 rings (SSSR count). The maximum atomic E-state index is 4.77. The molecule has 0 unspecified atom stereocenters. The van der Waals surface area contributed by atoms with Crippen molar-refractivity contribution in [2.24, 2.45) is 0 Å². The zero-order valence-electron chi connectivity index (χ0n) is 14.0. The lowest BCUT2D eigenvalue weighted by atomic mass is 10.3. The number of rotatable bonds is 5. The molecule has 126 valence electrons. The van der Waals surface area contributed by atoms with Gasteiger partial charge >= 0.3 is 0 Å². The molecule has 24 heavy (non-hydrogen) atoms. The minimum atomic E-state index is 0.711. The number of hydrogen-bond donors (Lipinski definition) is 1. The molecule has 0 aromatic carbocycles. The normalized spacial score (nSPS) is 14.5. The third-order valence-electron chi connectivity index (χ3n) is 4.42. The van der Waals surface area contributed by atoms with Gasteiger partial charge in [0.2, 0.25) is 0 Å². The first-order chi connectivity index (χ1) is 11.8. The molecule has 7 nitrogen and oxygen atoms in total. The average Bonchev–Trinajstić information content (AvgIpc) is 3.27. The van der Waals surface area contributed by atoms with Crippen LogP contribution in [-0.4, -0.2) is 35.4 Å². The summed E-state index contributed by atoms with van der Waals surface area (Å²) in [6.07, 6.45) is 9.96. The summed E-state index contributed by atoms with van der Waals surface area (Å²) in [4.78, 5) is 9.04.